The van der Waals surface area contributed by atoms with E-state index < -0.39 is 4.92 Å². The second-order valence-corrected chi connectivity index (χ2v) is 6.49. The van der Waals surface area contributed by atoms with E-state index in [1.54, 1.807) is 19.1 Å². The summed E-state index contributed by atoms with van der Waals surface area (Å²) in [6.07, 6.45) is 3.30. The largest absolute Gasteiger partial charge is 0.352 e. The number of alkyl halides is 1. The van der Waals surface area contributed by atoms with Crippen molar-refractivity contribution in [3.05, 3.63) is 39.4 Å². The van der Waals surface area contributed by atoms with Crippen molar-refractivity contribution in [3.63, 3.8) is 0 Å². The zero-order valence-electron chi connectivity index (χ0n) is 11.3. The van der Waals surface area contributed by atoms with E-state index in [0.29, 0.717) is 28.4 Å². The molecule has 1 amide bonds. The number of hydrogen-bond donors (Lipinski definition) is 1. The second-order valence-electron chi connectivity index (χ2n) is 5.19. The van der Waals surface area contributed by atoms with Gasteiger partial charge in [0, 0.05) is 28.6 Å². The first kappa shape index (κ1) is 15.0. The molecule has 2 rings (SSSR count). The molecule has 6 heteroatoms. The number of hydrogen-bond acceptors (Lipinski definition) is 3. The second kappa shape index (κ2) is 6.35. The smallest absolute Gasteiger partial charge is 0.273 e. The summed E-state index contributed by atoms with van der Waals surface area (Å²) in [7, 11) is 0. The molecule has 1 aromatic rings. The van der Waals surface area contributed by atoms with Crippen LogP contribution in [0, 0.1) is 23.0 Å². The van der Waals surface area contributed by atoms with Crippen LogP contribution in [-0.4, -0.2) is 22.2 Å². The Labute approximate surface area is 126 Å². The Morgan fingerprint density at radius 2 is 2.25 bits per heavy atom. The first-order valence-electron chi connectivity index (χ1n) is 6.65. The van der Waals surface area contributed by atoms with Crippen molar-refractivity contribution >= 4 is 27.5 Å². The molecule has 1 aliphatic rings. The molecule has 0 radical (unpaired) electrons. The SMILES string of the molecule is Cc1c(C(=O)NCC2CCC(Br)C2)cccc1[N+](=O)[O-]. The average Bonchev–Trinajstić information content (AvgIpc) is 2.81. The van der Waals surface area contributed by atoms with Crippen LogP contribution in [0.15, 0.2) is 18.2 Å². The lowest BCUT2D eigenvalue weighted by Crippen LogP contribution is -2.29. The third-order valence-electron chi connectivity index (χ3n) is 3.78. The maximum atomic E-state index is 12.1. The van der Waals surface area contributed by atoms with Crippen LogP contribution in [0.1, 0.15) is 35.2 Å². The predicted molar refractivity (Wildman–Crippen MR) is 80.2 cm³/mol. The Morgan fingerprint density at radius 1 is 1.50 bits per heavy atom. The van der Waals surface area contributed by atoms with Gasteiger partial charge in [-0.1, -0.05) is 22.0 Å². The van der Waals surface area contributed by atoms with Gasteiger partial charge in [-0.2, -0.15) is 0 Å². The topological polar surface area (TPSA) is 72.2 Å². The molecule has 1 aromatic carbocycles. The molecule has 0 saturated heterocycles. The Morgan fingerprint density at radius 3 is 2.85 bits per heavy atom. The van der Waals surface area contributed by atoms with Gasteiger partial charge in [-0.3, -0.25) is 14.9 Å². The Bertz CT molecular complexity index is 533. The number of nitro benzene ring substituents is 1. The normalized spacial score (nSPS) is 21.7. The van der Waals surface area contributed by atoms with Crippen molar-refractivity contribution in [1.29, 1.82) is 0 Å². The van der Waals surface area contributed by atoms with Crippen molar-refractivity contribution in [1.82, 2.24) is 5.32 Å². The summed E-state index contributed by atoms with van der Waals surface area (Å²) in [6.45, 7) is 2.24. The van der Waals surface area contributed by atoms with Gasteiger partial charge >= 0.3 is 0 Å². The fourth-order valence-electron chi connectivity index (χ4n) is 2.60. The summed E-state index contributed by atoms with van der Waals surface area (Å²) in [6, 6.07) is 4.59. The predicted octanol–water partition coefficient (Wildman–Crippen LogP) is 3.20. The molecular weight excluding hydrogens is 324 g/mol. The molecule has 5 nitrogen and oxygen atoms in total. The van der Waals surface area contributed by atoms with Crippen molar-refractivity contribution in [3.8, 4) is 0 Å². The number of amides is 1. The highest BCUT2D eigenvalue weighted by Gasteiger charge is 2.24. The monoisotopic (exact) mass is 340 g/mol. The lowest BCUT2D eigenvalue weighted by Gasteiger charge is -2.12. The molecule has 0 aliphatic heterocycles. The van der Waals surface area contributed by atoms with Gasteiger partial charge < -0.3 is 5.32 Å². The summed E-state index contributed by atoms with van der Waals surface area (Å²) in [5, 5.41) is 13.8. The lowest BCUT2D eigenvalue weighted by molar-refractivity contribution is -0.385. The summed E-state index contributed by atoms with van der Waals surface area (Å²) in [4.78, 5) is 23.1. The van der Waals surface area contributed by atoms with Crippen LogP contribution in [0.3, 0.4) is 0 Å². The van der Waals surface area contributed by atoms with E-state index in [9.17, 15) is 14.9 Å². The zero-order valence-corrected chi connectivity index (χ0v) is 12.9. The van der Waals surface area contributed by atoms with Crippen LogP contribution in [0.25, 0.3) is 0 Å². The molecular formula is C14H17BrN2O3. The summed E-state index contributed by atoms with van der Waals surface area (Å²) >= 11 is 3.58. The Kier molecular flexibility index (Phi) is 4.75. The standard InChI is InChI=1S/C14H17BrN2O3/c1-9-12(3-2-4-13(9)17(19)20)14(18)16-8-10-5-6-11(15)7-10/h2-4,10-11H,5-8H2,1H3,(H,16,18). The maximum absolute atomic E-state index is 12.1. The molecule has 0 aromatic heterocycles. The van der Waals surface area contributed by atoms with Gasteiger partial charge in [0.2, 0.25) is 0 Å². The minimum atomic E-state index is -0.460. The maximum Gasteiger partial charge on any atom is 0.273 e. The van der Waals surface area contributed by atoms with Gasteiger partial charge in [-0.25, -0.2) is 0 Å². The first-order valence-corrected chi connectivity index (χ1v) is 7.57. The van der Waals surface area contributed by atoms with Crippen LogP contribution in [-0.2, 0) is 0 Å². The van der Waals surface area contributed by atoms with Crippen LogP contribution in [0.5, 0.6) is 0 Å². The number of nitro groups is 1. The van der Waals surface area contributed by atoms with Crippen molar-refractivity contribution in [2.75, 3.05) is 6.54 Å². The quantitative estimate of drug-likeness (QED) is 0.519. The van der Waals surface area contributed by atoms with Crippen molar-refractivity contribution in [2.24, 2.45) is 5.92 Å². The Balaban J connectivity index is 2.02. The number of halogens is 1. The molecule has 1 aliphatic carbocycles. The fraction of sp³-hybridized carbons (Fsp3) is 0.500. The number of nitrogens with zero attached hydrogens (tertiary/aromatic N) is 1. The van der Waals surface area contributed by atoms with Crippen molar-refractivity contribution < 1.29 is 9.72 Å². The average molecular weight is 341 g/mol. The van der Waals surface area contributed by atoms with E-state index in [2.05, 4.69) is 21.2 Å². The van der Waals surface area contributed by atoms with E-state index in [-0.39, 0.29) is 11.6 Å². The van der Waals surface area contributed by atoms with Gasteiger partial charge in [0.1, 0.15) is 0 Å². The number of carbonyl (C=O) groups is 1. The molecule has 0 heterocycles. The third-order valence-corrected chi connectivity index (χ3v) is 4.61. The number of nitrogens with one attached hydrogen (secondary N) is 1. The third kappa shape index (κ3) is 3.36. The first-order chi connectivity index (χ1) is 9.49. The van der Waals surface area contributed by atoms with E-state index in [4.69, 9.17) is 0 Å². The molecule has 2 atom stereocenters. The summed E-state index contributed by atoms with van der Waals surface area (Å²) < 4.78 is 0. The number of benzene rings is 1. The molecule has 0 bridgehead atoms. The zero-order chi connectivity index (χ0) is 14.7. The van der Waals surface area contributed by atoms with E-state index in [1.165, 1.54) is 6.07 Å². The molecule has 1 N–H and O–H groups in total. The highest BCUT2D eigenvalue weighted by atomic mass is 79.9. The molecule has 2 unspecified atom stereocenters. The van der Waals surface area contributed by atoms with Crippen LogP contribution in [0.2, 0.25) is 0 Å². The highest BCUT2D eigenvalue weighted by Crippen LogP contribution is 2.30. The van der Waals surface area contributed by atoms with E-state index in [1.807, 2.05) is 0 Å². The van der Waals surface area contributed by atoms with E-state index in [0.717, 1.165) is 19.3 Å². The summed E-state index contributed by atoms with van der Waals surface area (Å²) in [5.74, 6) is 0.256. The highest BCUT2D eigenvalue weighted by molar-refractivity contribution is 9.09. The van der Waals surface area contributed by atoms with Crippen LogP contribution in [0.4, 0.5) is 5.69 Å². The Hall–Kier alpha value is -1.43. The lowest BCUT2D eigenvalue weighted by atomic mass is 10.1. The molecule has 1 fully saturated rings. The number of rotatable bonds is 4. The van der Waals surface area contributed by atoms with Gasteiger partial charge in [0.25, 0.3) is 11.6 Å². The van der Waals surface area contributed by atoms with Gasteiger partial charge in [0.15, 0.2) is 0 Å². The molecule has 108 valence electrons. The van der Waals surface area contributed by atoms with Crippen LogP contribution >= 0.6 is 15.9 Å². The molecule has 0 spiro atoms. The minimum absolute atomic E-state index is 0.0148. The van der Waals surface area contributed by atoms with Gasteiger partial charge in [-0.15, -0.1) is 0 Å². The molecule has 1 saturated carbocycles. The van der Waals surface area contributed by atoms with Crippen LogP contribution < -0.4 is 5.32 Å². The summed E-state index contributed by atoms with van der Waals surface area (Å²) in [5.41, 5.74) is 0.784. The van der Waals surface area contributed by atoms with E-state index >= 15 is 0 Å². The van der Waals surface area contributed by atoms with Gasteiger partial charge in [-0.05, 0) is 38.2 Å². The van der Waals surface area contributed by atoms with Crippen molar-refractivity contribution in [2.45, 2.75) is 31.0 Å². The van der Waals surface area contributed by atoms with Gasteiger partial charge in [0.05, 0.1) is 4.92 Å². The fourth-order valence-corrected chi connectivity index (χ4v) is 3.39. The minimum Gasteiger partial charge on any atom is -0.352 e. The number of carbonyl (C=O) groups excluding carboxylic acids is 1. The molecule has 20 heavy (non-hydrogen) atoms.